The summed E-state index contributed by atoms with van der Waals surface area (Å²) in [6, 6.07) is 0. The maximum Gasteiger partial charge on any atom is -0.0132 e. The summed E-state index contributed by atoms with van der Waals surface area (Å²) in [5.41, 5.74) is 2.87. The van der Waals surface area contributed by atoms with Crippen molar-refractivity contribution >= 4 is 0 Å². The van der Waals surface area contributed by atoms with E-state index in [9.17, 15) is 0 Å². The highest BCUT2D eigenvalue weighted by Gasteiger charge is 2.58. The minimum atomic E-state index is 0.564. The zero-order chi connectivity index (χ0) is 9.69. The summed E-state index contributed by atoms with van der Waals surface area (Å²) >= 11 is 0. The van der Waals surface area contributed by atoms with Gasteiger partial charge in [0, 0.05) is 0 Å². The molecule has 2 aliphatic carbocycles. The van der Waals surface area contributed by atoms with E-state index in [4.69, 9.17) is 0 Å². The lowest BCUT2D eigenvalue weighted by Gasteiger charge is -2.42. The smallest absolute Gasteiger partial charge is 0.0132 e. The molecule has 0 aromatic carbocycles. The number of rotatable bonds is 3. The van der Waals surface area contributed by atoms with Gasteiger partial charge in [0.1, 0.15) is 0 Å². The summed E-state index contributed by atoms with van der Waals surface area (Å²) in [5, 5.41) is 0. The molecule has 0 radical (unpaired) electrons. The summed E-state index contributed by atoms with van der Waals surface area (Å²) in [6.45, 7) is 9.53. The fraction of sp³-hybridized carbons (Fsp3) is 0.846. The largest absolute Gasteiger partial charge is 0.0816 e. The van der Waals surface area contributed by atoms with Crippen LogP contribution in [0.1, 0.15) is 53.4 Å². The molecule has 0 amide bonds. The Morgan fingerprint density at radius 2 is 2.00 bits per heavy atom. The zero-order valence-corrected chi connectivity index (χ0v) is 9.48. The first-order valence-corrected chi connectivity index (χ1v) is 5.69. The van der Waals surface area contributed by atoms with Crippen LogP contribution in [0, 0.1) is 16.7 Å². The highest BCUT2D eigenvalue weighted by atomic mass is 14.6. The maximum atomic E-state index is 2.52. The van der Waals surface area contributed by atoms with Crippen molar-refractivity contribution in [3.63, 3.8) is 0 Å². The van der Waals surface area contributed by atoms with Crippen molar-refractivity contribution in [1.29, 1.82) is 0 Å². The van der Waals surface area contributed by atoms with E-state index in [1.807, 2.05) is 0 Å². The second-order valence-corrected chi connectivity index (χ2v) is 5.72. The molecule has 0 N–H and O–H groups in total. The fourth-order valence-corrected chi connectivity index (χ4v) is 3.05. The van der Waals surface area contributed by atoms with Crippen molar-refractivity contribution in [2.45, 2.75) is 53.4 Å². The molecule has 0 aromatic heterocycles. The molecule has 74 valence electrons. The minimum Gasteiger partial charge on any atom is -0.0816 e. The predicted molar refractivity (Wildman–Crippen MR) is 57.6 cm³/mol. The molecule has 0 saturated heterocycles. The van der Waals surface area contributed by atoms with Crippen LogP contribution in [0.3, 0.4) is 0 Å². The highest BCUT2D eigenvalue weighted by molar-refractivity contribution is 5.24. The molecule has 1 atom stereocenters. The van der Waals surface area contributed by atoms with Crippen molar-refractivity contribution in [2.75, 3.05) is 0 Å². The predicted octanol–water partition coefficient (Wildman–Crippen LogP) is 4.17. The third-order valence-corrected chi connectivity index (χ3v) is 4.76. The number of allylic oxidation sites excluding steroid dienone is 2. The topological polar surface area (TPSA) is 0 Å². The molecule has 0 heterocycles. The summed E-state index contributed by atoms with van der Waals surface area (Å²) in [6.07, 6.45) is 8.18. The molecule has 0 bridgehead atoms. The van der Waals surface area contributed by atoms with Gasteiger partial charge in [-0.05, 0) is 42.9 Å². The summed E-state index contributed by atoms with van der Waals surface area (Å²) in [5.74, 6) is 0.919. The zero-order valence-electron chi connectivity index (χ0n) is 9.48. The summed E-state index contributed by atoms with van der Waals surface area (Å²) in [4.78, 5) is 0. The Labute approximate surface area is 82.4 Å². The Kier molecular flexibility index (Phi) is 1.87. The Morgan fingerprint density at radius 3 is 2.31 bits per heavy atom. The van der Waals surface area contributed by atoms with Gasteiger partial charge in [0.2, 0.25) is 0 Å². The maximum absolute atomic E-state index is 2.52. The van der Waals surface area contributed by atoms with Gasteiger partial charge in [-0.2, -0.15) is 0 Å². The summed E-state index contributed by atoms with van der Waals surface area (Å²) < 4.78 is 0. The van der Waals surface area contributed by atoms with E-state index in [1.54, 1.807) is 5.57 Å². The average Bonchev–Trinajstić information content (AvgIpc) is 2.79. The van der Waals surface area contributed by atoms with Crippen LogP contribution in [0.15, 0.2) is 11.6 Å². The lowest BCUT2D eigenvalue weighted by molar-refractivity contribution is 0.118. The van der Waals surface area contributed by atoms with Gasteiger partial charge in [0.25, 0.3) is 0 Å². The molecule has 1 unspecified atom stereocenters. The van der Waals surface area contributed by atoms with Gasteiger partial charge < -0.3 is 0 Å². The van der Waals surface area contributed by atoms with Gasteiger partial charge in [0.15, 0.2) is 0 Å². The molecule has 1 fully saturated rings. The van der Waals surface area contributed by atoms with E-state index >= 15 is 0 Å². The second kappa shape index (κ2) is 2.62. The van der Waals surface area contributed by atoms with Gasteiger partial charge in [-0.15, -0.1) is 0 Å². The van der Waals surface area contributed by atoms with Crippen LogP contribution in [0.5, 0.6) is 0 Å². The Hall–Kier alpha value is -0.260. The van der Waals surface area contributed by atoms with Gasteiger partial charge in [-0.3, -0.25) is 0 Å². The molecule has 0 aromatic rings. The van der Waals surface area contributed by atoms with E-state index in [0.717, 1.165) is 5.92 Å². The normalized spacial score (nSPS) is 30.8. The van der Waals surface area contributed by atoms with Crippen LogP contribution >= 0.6 is 0 Å². The fourth-order valence-electron chi connectivity index (χ4n) is 3.05. The Bertz CT molecular complexity index is 241. The third-order valence-electron chi connectivity index (χ3n) is 4.76. The monoisotopic (exact) mass is 178 g/mol. The number of hydrogen-bond donors (Lipinski definition) is 0. The van der Waals surface area contributed by atoms with Crippen LogP contribution in [-0.4, -0.2) is 0 Å². The van der Waals surface area contributed by atoms with Crippen LogP contribution in [0.2, 0.25) is 0 Å². The van der Waals surface area contributed by atoms with E-state index in [1.165, 1.54) is 25.7 Å². The molecule has 0 spiro atoms. The molecule has 0 aliphatic heterocycles. The first-order valence-electron chi connectivity index (χ1n) is 5.69. The van der Waals surface area contributed by atoms with Gasteiger partial charge in [-0.1, -0.05) is 38.8 Å². The van der Waals surface area contributed by atoms with Crippen molar-refractivity contribution in [3.05, 3.63) is 11.6 Å². The van der Waals surface area contributed by atoms with Crippen molar-refractivity contribution in [1.82, 2.24) is 0 Å². The molecule has 2 rings (SSSR count). The molecule has 0 heteroatoms. The molecule has 1 saturated carbocycles. The lowest BCUT2D eigenvalue weighted by atomic mass is 9.62. The minimum absolute atomic E-state index is 0.564. The van der Waals surface area contributed by atoms with Gasteiger partial charge in [-0.25, -0.2) is 0 Å². The molecular weight excluding hydrogens is 156 g/mol. The standard InChI is InChI=1S/C13H22/c1-5-12(3,4)13(6-7-13)11-8-10(2)9-11/h8,11H,5-7,9H2,1-4H3. The van der Waals surface area contributed by atoms with E-state index in [-0.39, 0.29) is 0 Å². The van der Waals surface area contributed by atoms with Crippen LogP contribution in [0.4, 0.5) is 0 Å². The highest BCUT2D eigenvalue weighted by Crippen LogP contribution is 2.67. The van der Waals surface area contributed by atoms with E-state index < -0.39 is 0 Å². The van der Waals surface area contributed by atoms with Crippen molar-refractivity contribution in [2.24, 2.45) is 16.7 Å². The van der Waals surface area contributed by atoms with Gasteiger partial charge >= 0.3 is 0 Å². The van der Waals surface area contributed by atoms with Crippen molar-refractivity contribution in [3.8, 4) is 0 Å². The second-order valence-electron chi connectivity index (χ2n) is 5.72. The van der Waals surface area contributed by atoms with Crippen molar-refractivity contribution < 1.29 is 0 Å². The first-order chi connectivity index (χ1) is 6.02. The Morgan fingerprint density at radius 1 is 1.46 bits per heavy atom. The van der Waals surface area contributed by atoms with Crippen LogP contribution < -0.4 is 0 Å². The molecule has 2 aliphatic rings. The molecular formula is C13H22. The number of hydrogen-bond acceptors (Lipinski definition) is 0. The van der Waals surface area contributed by atoms with Crippen LogP contribution in [-0.2, 0) is 0 Å². The average molecular weight is 178 g/mol. The summed E-state index contributed by atoms with van der Waals surface area (Å²) in [7, 11) is 0. The molecule has 0 nitrogen and oxygen atoms in total. The lowest BCUT2D eigenvalue weighted by Crippen LogP contribution is -2.34. The van der Waals surface area contributed by atoms with E-state index in [2.05, 4.69) is 33.8 Å². The molecule has 13 heavy (non-hydrogen) atoms. The third kappa shape index (κ3) is 1.18. The Balaban J connectivity index is 2.14. The first kappa shape index (κ1) is 9.30. The van der Waals surface area contributed by atoms with E-state index in [0.29, 0.717) is 10.8 Å². The van der Waals surface area contributed by atoms with Crippen LogP contribution in [0.25, 0.3) is 0 Å². The van der Waals surface area contributed by atoms with Gasteiger partial charge in [0.05, 0.1) is 0 Å². The quantitative estimate of drug-likeness (QED) is 0.569. The SMILES string of the molecule is CCC(C)(C)C1(C2C=C(C)C2)CC1.